The Bertz CT molecular complexity index is 447. The van der Waals surface area contributed by atoms with Crippen LogP contribution in [0.1, 0.15) is 5.56 Å². The van der Waals surface area contributed by atoms with E-state index in [4.69, 9.17) is 4.18 Å². The maximum absolute atomic E-state index is 11.8. The molecule has 0 amide bonds. The summed E-state index contributed by atoms with van der Waals surface area (Å²) in [5, 5.41) is 0. The molecule has 1 aliphatic heterocycles. The Balaban J connectivity index is 2.02. The molecule has 88 valence electrons. The summed E-state index contributed by atoms with van der Waals surface area (Å²) < 4.78 is 28.5. The molecule has 0 bridgehead atoms. The molecule has 0 aliphatic carbocycles. The van der Waals surface area contributed by atoms with Crippen LogP contribution < -0.4 is 0 Å². The second-order valence-electron chi connectivity index (χ2n) is 3.96. The lowest BCUT2D eigenvalue weighted by Gasteiger charge is -2.23. The van der Waals surface area contributed by atoms with Gasteiger partial charge in [-0.05, 0) is 30.6 Å². The molecule has 16 heavy (non-hydrogen) atoms. The minimum Gasteiger partial charge on any atom is -0.266 e. The van der Waals surface area contributed by atoms with Crippen molar-refractivity contribution in [3.05, 3.63) is 29.8 Å². The molecular formula is C11H14O3S2. The fraction of sp³-hybridized carbons (Fsp3) is 0.455. The van der Waals surface area contributed by atoms with Crippen LogP contribution in [0.5, 0.6) is 0 Å². The molecule has 1 fully saturated rings. The lowest BCUT2D eigenvalue weighted by molar-refractivity contribution is 0.274. The average Bonchev–Trinajstić information content (AvgIpc) is 2.15. The van der Waals surface area contributed by atoms with Gasteiger partial charge in [-0.3, -0.25) is 4.18 Å². The summed E-state index contributed by atoms with van der Waals surface area (Å²) in [4.78, 5) is 0.241. The van der Waals surface area contributed by atoms with Crippen LogP contribution in [0.4, 0.5) is 0 Å². The van der Waals surface area contributed by atoms with Crippen LogP contribution in [0.15, 0.2) is 29.2 Å². The monoisotopic (exact) mass is 258 g/mol. The average molecular weight is 258 g/mol. The predicted octanol–water partition coefficient (Wildman–Crippen LogP) is 2.06. The molecular weight excluding hydrogens is 244 g/mol. The molecule has 0 unspecified atom stereocenters. The molecule has 0 atom stereocenters. The van der Waals surface area contributed by atoms with E-state index in [1.807, 2.05) is 18.7 Å². The van der Waals surface area contributed by atoms with Gasteiger partial charge in [0.25, 0.3) is 10.1 Å². The van der Waals surface area contributed by atoms with Gasteiger partial charge in [-0.15, -0.1) is 0 Å². The number of benzene rings is 1. The molecule has 0 spiro atoms. The first-order valence-corrected chi connectivity index (χ1v) is 7.68. The summed E-state index contributed by atoms with van der Waals surface area (Å²) in [6, 6.07) is 6.71. The summed E-state index contributed by atoms with van der Waals surface area (Å²) >= 11 is 1.82. The Hall–Kier alpha value is -0.520. The third-order valence-corrected chi connectivity index (χ3v) is 5.19. The summed E-state index contributed by atoms with van der Waals surface area (Å²) in [6.07, 6.45) is 0. The van der Waals surface area contributed by atoms with Gasteiger partial charge in [0, 0.05) is 5.92 Å². The zero-order valence-corrected chi connectivity index (χ0v) is 10.7. The van der Waals surface area contributed by atoms with Crippen molar-refractivity contribution in [2.24, 2.45) is 5.92 Å². The molecule has 0 radical (unpaired) electrons. The summed E-state index contributed by atoms with van der Waals surface area (Å²) in [5.41, 5.74) is 1.04. The van der Waals surface area contributed by atoms with Gasteiger partial charge < -0.3 is 0 Å². The Morgan fingerprint density at radius 2 is 1.94 bits per heavy atom. The molecule has 2 rings (SSSR count). The highest BCUT2D eigenvalue weighted by Gasteiger charge is 2.22. The number of hydrogen-bond donors (Lipinski definition) is 0. The van der Waals surface area contributed by atoms with E-state index in [0.29, 0.717) is 12.5 Å². The fourth-order valence-electron chi connectivity index (χ4n) is 1.34. The topological polar surface area (TPSA) is 43.4 Å². The number of rotatable bonds is 4. The maximum atomic E-state index is 11.8. The summed E-state index contributed by atoms with van der Waals surface area (Å²) in [7, 11) is -3.56. The second kappa shape index (κ2) is 4.77. The molecule has 1 aromatic carbocycles. The summed E-state index contributed by atoms with van der Waals surface area (Å²) in [6.45, 7) is 2.23. The van der Waals surface area contributed by atoms with E-state index in [-0.39, 0.29) is 4.90 Å². The van der Waals surface area contributed by atoms with Crippen molar-refractivity contribution in [2.45, 2.75) is 11.8 Å². The molecule has 0 aromatic heterocycles. The highest BCUT2D eigenvalue weighted by Crippen LogP contribution is 2.25. The fourth-order valence-corrected chi connectivity index (χ4v) is 3.08. The minimum absolute atomic E-state index is 0.241. The largest absolute Gasteiger partial charge is 0.296 e. The smallest absolute Gasteiger partial charge is 0.266 e. The standard InChI is InChI=1S/C11H14O3S2/c1-9-2-4-11(5-3-9)16(12,13)14-6-10-7-15-8-10/h2-5,10H,6-8H2,1H3. The van der Waals surface area contributed by atoms with Gasteiger partial charge in [-0.1, -0.05) is 17.7 Å². The normalized spacial score (nSPS) is 17.1. The minimum atomic E-state index is -3.56. The molecule has 1 heterocycles. The summed E-state index contributed by atoms with van der Waals surface area (Å²) in [5.74, 6) is 2.40. The highest BCUT2D eigenvalue weighted by molar-refractivity contribution is 8.00. The number of thioether (sulfide) groups is 1. The van der Waals surface area contributed by atoms with Crippen LogP contribution in [0.25, 0.3) is 0 Å². The molecule has 1 aromatic rings. The van der Waals surface area contributed by atoms with Crippen LogP contribution in [0, 0.1) is 12.8 Å². The van der Waals surface area contributed by atoms with E-state index in [9.17, 15) is 8.42 Å². The van der Waals surface area contributed by atoms with Crippen molar-refractivity contribution >= 4 is 21.9 Å². The Kier molecular flexibility index (Phi) is 3.56. The molecule has 1 saturated heterocycles. The Morgan fingerprint density at radius 1 is 1.31 bits per heavy atom. The molecule has 5 heteroatoms. The first kappa shape index (κ1) is 12.0. The van der Waals surface area contributed by atoms with Crippen molar-refractivity contribution in [3.63, 3.8) is 0 Å². The first-order chi connectivity index (χ1) is 7.58. The van der Waals surface area contributed by atoms with Crippen LogP contribution >= 0.6 is 11.8 Å². The zero-order valence-electron chi connectivity index (χ0n) is 9.05. The van der Waals surface area contributed by atoms with E-state index in [1.54, 1.807) is 24.3 Å². The molecule has 1 aliphatic rings. The number of hydrogen-bond acceptors (Lipinski definition) is 4. The van der Waals surface area contributed by atoms with Crippen LogP contribution in [0.2, 0.25) is 0 Å². The van der Waals surface area contributed by atoms with Gasteiger partial charge >= 0.3 is 0 Å². The highest BCUT2D eigenvalue weighted by atomic mass is 32.2. The van der Waals surface area contributed by atoms with E-state index in [0.717, 1.165) is 17.1 Å². The lowest BCUT2D eigenvalue weighted by atomic mass is 10.2. The zero-order chi connectivity index (χ0) is 11.6. The van der Waals surface area contributed by atoms with Gasteiger partial charge in [0.15, 0.2) is 0 Å². The van der Waals surface area contributed by atoms with E-state index >= 15 is 0 Å². The quantitative estimate of drug-likeness (QED) is 0.775. The van der Waals surface area contributed by atoms with Gasteiger partial charge in [-0.25, -0.2) is 0 Å². The second-order valence-corrected chi connectivity index (χ2v) is 6.65. The third kappa shape index (κ3) is 2.78. The van der Waals surface area contributed by atoms with E-state index in [1.165, 1.54) is 0 Å². The Labute approximate surface area is 100 Å². The van der Waals surface area contributed by atoms with Crippen molar-refractivity contribution in [1.82, 2.24) is 0 Å². The Morgan fingerprint density at radius 3 is 2.44 bits per heavy atom. The SMILES string of the molecule is Cc1ccc(S(=O)(=O)OCC2CSC2)cc1. The van der Waals surface area contributed by atoms with E-state index in [2.05, 4.69) is 0 Å². The van der Waals surface area contributed by atoms with Crippen molar-refractivity contribution in [2.75, 3.05) is 18.1 Å². The molecule has 0 saturated carbocycles. The third-order valence-electron chi connectivity index (χ3n) is 2.48. The number of aryl methyl sites for hydroxylation is 1. The molecule has 3 nitrogen and oxygen atoms in total. The van der Waals surface area contributed by atoms with Crippen molar-refractivity contribution < 1.29 is 12.6 Å². The van der Waals surface area contributed by atoms with Crippen molar-refractivity contribution in [3.8, 4) is 0 Å². The van der Waals surface area contributed by atoms with Crippen molar-refractivity contribution in [1.29, 1.82) is 0 Å². The van der Waals surface area contributed by atoms with Crippen LogP contribution in [-0.4, -0.2) is 26.5 Å². The van der Waals surface area contributed by atoms with Crippen LogP contribution in [0.3, 0.4) is 0 Å². The van der Waals surface area contributed by atoms with E-state index < -0.39 is 10.1 Å². The van der Waals surface area contributed by atoms with Gasteiger partial charge in [0.1, 0.15) is 0 Å². The lowest BCUT2D eigenvalue weighted by Crippen LogP contribution is -2.25. The van der Waals surface area contributed by atoms with Gasteiger partial charge in [0.2, 0.25) is 0 Å². The van der Waals surface area contributed by atoms with Gasteiger partial charge in [-0.2, -0.15) is 20.2 Å². The van der Waals surface area contributed by atoms with Gasteiger partial charge in [0.05, 0.1) is 11.5 Å². The maximum Gasteiger partial charge on any atom is 0.296 e. The first-order valence-electron chi connectivity index (χ1n) is 5.12. The molecule has 0 N–H and O–H groups in total. The van der Waals surface area contributed by atoms with Crippen LogP contribution in [-0.2, 0) is 14.3 Å². The predicted molar refractivity (Wildman–Crippen MR) is 65.1 cm³/mol.